The molecule has 0 aromatic carbocycles. The first kappa shape index (κ1) is 26.7. The number of rotatable bonds is 4. The first-order valence-corrected chi connectivity index (χ1v) is 4.52. The summed E-state index contributed by atoms with van der Waals surface area (Å²) in [4.78, 5) is 0. The Bertz CT molecular complexity index is 406. The second-order valence-corrected chi connectivity index (χ2v) is 3.87. The topological polar surface area (TPSA) is 0 Å². The van der Waals surface area contributed by atoms with Crippen molar-refractivity contribution in [1.29, 1.82) is 0 Å². The van der Waals surface area contributed by atoms with Gasteiger partial charge in [-0.05, 0) is 0 Å². The summed E-state index contributed by atoms with van der Waals surface area (Å²) < 4.78 is 193. The van der Waals surface area contributed by atoms with Crippen LogP contribution in [0.3, 0.4) is 0 Å². The van der Waals surface area contributed by atoms with Crippen LogP contribution in [0.5, 0.6) is 0 Å². The van der Waals surface area contributed by atoms with Gasteiger partial charge in [-0.2, -0.15) is 70.2 Å². The van der Waals surface area contributed by atoms with Gasteiger partial charge in [0.1, 0.15) is 0 Å². The zero-order valence-corrected chi connectivity index (χ0v) is 13.7. The second kappa shape index (κ2) is 6.60. The van der Waals surface area contributed by atoms with Gasteiger partial charge in [0, 0.05) is 0 Å². The van der Waals surface area contributed by atoms with Crippen molar-refractivity contribution in [1.82, 2.24) is 0 Å². The van der Waals surface area contributed by atoms with Gasteiger partial charge < -0.3 is 1.43 Å². The van der Waals surface area contributed by atoms with Crippen LogP contribution in [-0.4, -0.2) is 42.0 Å². The normalized spacial score (nSPS) is 16.0. The predicted molar refractivity (Wildman–Crippen MR) is 38.0 cm³/mol. The number of alkyl halides is 16. The third kappa shape index (κ3) is 3.51. The molecule has 0 nitrogen and oxygen atoms in total. The molecule has 0 saturated carbocycles. The first-order chi connectivity index (χ1) is 9.50. The fourth-order valence-corrected chi connectivity index (χ4v) is 0.948. The molecule has 0 unspecified atom stereocenters. The van der Waals surface area contributed by atoms with E-state index in [0.29, 0.717) is 0 Å². The van der Waals surface area contributed by atoms with Crippen molar-refractivity contribution in [2.45, 2.75) is 42.0 Å². The molecule has 0 atom stereocenters. The van der Waals surface area contributed by atoms with Crippen molar-refractivity contribution in [2.24, 2.45) is 0 Å². The van der Waals surface area contributed by atoms with Crippen LogP contribution in [0.1, 0.15) is 1.43 Å². The maximum absolute atomic E-state index is 12.6. The summed E-state index contributed by atoms with van der Waals surface area (Å²) in [5, 5.41) is 0. The van der Waals surface area contributed by atoms with E-state index in [0.717, 1.165) is 0 Å². The Morgan fingerprint density at radius 1 is 0.292 bits per heavy atom. The number of hydrogen-bond acceptors (Lipinski definition) is 0. The van der Waals surface area contributed by atoms with Gasteiger partial charge >= 0.3 is 93.3 Å². The summed E-state index contributed by atoms with van der Waals surface area (Å²) >= 11 is 0. The summed E-state index contributed by atoms with van der Waals surface area (Å²) in [6, 6.07) is 0. The van der Waals surface area contributed by atoms with Crippen LogP contribution in [0.25, 0.3) is 0 Å². The Labute approximate surface area is 164 Å². The molecular weight excluding hydrogens is 427 g/mol. The zero-order valence-electron chi connectivity index (χ0n) is 11.5. The molecule has 0 spiro atoms. The number of halogens is 16. The van der Waals surface area contributed by atoms with Crippen LogP contribution >= 0.6 is 0 Å². The molecule has 0 rings (SSSR count). The molecule has 24 heavy (non-hydrogen) atoms. The third-order valence-electron chi connectivity index (χ3n) is 2.29. The van der Waals surface area contributed by atoms with E-state index in [4.69, 9.17) is 0 Å². The third-order valence-corrected chi connectivity index (χ3v) is 2.29. The smallest absolute Gasteiger partial charge is 1.00 e. The van der Waals surface area contributed by atoms with Gasteiger partial charge in [-0.15, -0.1) is 0 Å². The summed E-state index contributed by atoms with van der Waals surface area (Å²) in [7, 11) is 0. The largest absolute Gasteiger partial charge is 1.00 e. The van der Waals surface area contributed by atoms with Crippen LogP contribution < -0.4 is 51.4 Å². The molecule has 0 bridgehead atoms. The molecule has 0 fully saturated rings. The molecule has 0 radical (unpaired) electrons. The quantitative estimate of drug-likeness (QED) is 0.477. The van der Waals surface area contributed by atoms with E-state index in [1.54, 1.807) is 0 Å². The van der Waals surface area contributed by atoms with Gasteiger partial charge in [-0.3, -0.25) is 0 Å². The summed E-state index contributed by atoms with van der Waals surface area (Å²) in [5.41, 5.74) is 0. The van der Waals surface area contributed by atoms with Crippen LogP contribution in [-0.2, 0) is 0 Å². The molecule has 0 aromatic heterocycles. The minimum Gasteiger partial charge on any atom is -1.00 e. The maximum Gasteiger partial charge on any atom is 1.00 e. The van der Waals surface area contributed by atoms with E-state index in [-0.39, 0.29) is 52.8 Å². The summed E-state index contributed by atoms with van der Waals surface area (Å²) in [5.74, 6) is -41.2. The molecule has 0 aliphatic rings. The van der Waals surface area contributed by atoms with Gasteiger partial charge in [-0.25, -0.2) is 0 Å². The Morgan fingerprint density at radius 3 is 0.542 bits per heavy atom. The first-order valence-electron chi connectivity index (χ1n) is 4.52. The van der Waals surface area contributed by atoms with E-state index in [2.05, 4.69) is 0 Å². The molecule has 0 aromatic rings. The number of hydrogen-bond donors (Lipinski definition) is 0. The van der Waals surface area contributed by atoms with Crippen LogP contribution in [0, 0.1) is 0 Å². The summed E-state index contributed by atoms with van der Waals surface area (Å²) in [6.45, 7) is 0. The van der Waals surface area contributed by atoms with Crippen molar-refractivity contribution in [2.75, 3.05) is 0 Å². The van der Waals surface area contributed by atoms with Crippen molar-refractivity contribution in [3.05, 3.63) is 0 Å². The van der Waals surface area contributed by atoms with Crippen LogP contribution in [0.15, 0.2) is 0 Å². The fourth-order valence-electron chi connectivity index (χ4n) is 0.948. The average Bonchev–Trinajstić information content (AvgIpc) is 2.24. The van der Waals surface area contributed by atoms with E-state index in [1.807, 2.05) is 0 Å². The maximum atomic E-state index is 12.6. The fraction of sp³-hybridized carbons (Fsp3) is 1.00. The molecule has 17 heteroatoms. The van der Waals surface area contributed by atoms with Crippen molar-refractivity contribution < 1.29 is 123 Å². The van der Waals surface area contributed by atoms with Crippen molar-refractivity contribution in [3.63, 3.8) is 0 Å². The Kier molecular flexibility index (Phi) is 7.35. The van der Waals surface area contributed by atoms with Crippen molar-refractivity contribution >= 4 is 0 Å². The Balaban J connectivity index is -0.00000242. The molecule has 142 valence electrons. The molecule has 0 saturated heterocycles. The second-order valence-electron chi connectivity index (χ2n) is 3.87. The zero-order chi connectivity index (χ0) is 19.5. The van der Waals surface area contributed by atoms with E-state index in [9.17, 15) is 70.2 Å². The van der Waals surface area contributed by atoms with Crippen molar-refractivity contribution in [3.8, 4) is 0 Å². The van der Waals surface area contributed by atoms with Gasteiger partial charge in [-0.1, -0.05) is 0 Å². The van der Waals surface area contributed by atoms with Gasteiger partial charge in [0.25, 0.3) is 0 Å². The SMILES string of the molecule is FC(F)(F)C(F)(F)C(F)(F)C(F)(F)C(F)(F)C(F)(F)C(F)(F)F.[H-].[K+]. The molecule has 0 N–H and O–H groups in total. The van der Waals surface area contributed by atoms with Gasteiger partial charge in [0.2, 0.25) is 0 Å². The van der Waals surface area contributed by atoms with Crippen LogP contribution in [0.2, 0.25) is 0 Å². The monoisotopic (exact) mass is 428 g/mol. The van der Waals surface area contributed by atoms with Crippen LogP contribution in [0.4, 0.5) is 70.2 Å². The molecular formula is C7HF16K. The minimum absolute atomic E-state index is 0. The molecule has 0 aliphatic carbocycles. The predicted octanol–water partition coefficient (Wildman–Crippen LogP) is 2.40. The summed E-state index contributed by atoms with van der Waals surface area (Å²) in [6.07, 6.45) is -15.3. The van der Waals surface area contributed by atoms with Gasteiger partial charge in [0.05, 0.1) is 0 Å². The van der Waals surface area contributed by atoms with E-state index in [1.165, 1.54) is 0 Å². The molecule has 0 amide bonds. The standard InChI is InChI=1S/C7F16.K.H/c8-1(9,2(10,11)4(14,15)6(18,19)20)3(12,13)5(16,17)7(21,22)23;;/q;+1;-1. The van der Waals surface area contributed by atoms with Gasteiger partial charge in [0.15, 0.2) is 0 Å². The minimum atomic E-state index is -8.43. The average molecular weight is 428 g/mol. The molecule has 0 aliphatic heterocycles. The molecule has 0 heterocycles. The van der Waals surface area contributed by atoms with E-state index >= 15 is 0 Å². The Hall–Kier alpha value is 0.516. The Morgan fingerprint density at radius 2 is 0.417 bits per heavy atom. The van der Waals surface area contributed by atoms with E-state index < -0.39 is 42.0 Å².